The highest BCUT2D eigenvalue weighted by atomic mass is 19.4. The smallest absolute Gasteiger partial charge is 0.416 e. The average molecular weight is 438 g/mol. The Hall–Kier alpha value is -3.61. The van der Waals surface area contributed by atoms with E-state index >= 15 is 0 Å². The van der Waals surface area contributed by atoms with Gasteiger partial charge in [0.2, 0.25) is 0 Å². The molecule has 3 aromatic carbocycles. The van der Waals surface area contributed by atoms with Crippen LogP contribution in [-0.2, 0) is 19.2 Å². The second-order valence-electron chi connectivity index (χ2n) is 7.85. The second kappa shape index (κ2) is 7.51. The first kappa shape index (κ1) is 20.3. The average Bonchev–Trinajstić information content (AvgIpc) is 2.77. The number of benzene rings is 3. The molecule has 0 amide bonds. The molecular weight excluding hydrogens is 421 g/mol. The molecule has 32 heavy (non-hydrogen) atoms. The molecule has 0 unspecified atom stereocenters. The van der Waals surface area contributed by atoms with Gasteiger partial charge in [-0.3, -0.25) is 4.79 Å². The summed E-state index contributed by atoms with van der Waals surface area (Å²) >= 11 is 0. The first-order valence-corrected chi connectivity index (χ1v) is 10.2. The summed E-state index contributed by atoms with van der Waals surface area (Å²) in [6, 6.07) is 12.8. The Labute approximate surface area is 181 Å². The van der Waals surface area contributed by atoms with Crippen molar-refractivity contribution < 1.29 is 32.2 Å². The number of alkyl halides is 3. The summed E-state index contributed by atoms with van der Waals surface area (Å²) in [6.45, 7) is 0.233. The van der Waals surface area contributed by atoms with Crippen LogP contribution >= 0.6 is 0 Å². The van der Waals surface area contributed by atoms with E-state index < -0.39 is 17.7 Å². The fourth-order valence-corrected chi connectivity index (χ4v) is 4.13. The Kier molecular flexibility index (Phi) is 4.77. The summed E-state index contributed by atoms with van der Waals surface area (Å²) in [7, 11) is 0. The minimum absolute atomic E-state index is 0.0265. The van der Waals surface area contributed by atoms with Gasteiger partial charge in [0.1, 0.15) is 18.1 Å². The Balaban J connectivity index is 1.40. The largest absolute Gasteiger partial charge is 0.488 e. The highest BCUT2D eigenvalue weighted by Crippen LogP contribution is 2.41. The van der Waals surface area contributed by atoms with E-state index in [1.54, 1.807) is 18.2 Å². The summed E-state index contributed by atoms with van der Waals surface area (Å²) in [6.07, 6.45) is -2.25. The minimum Gasteiger partial charge on any atom is -0.488 e. The van der Waals surface area contributed by atoms with Crippen molar-refractivity contribution in [3.63, 3.8) is 0 Å². The third-order valence-corrected chi connectivity index (χ3v) is 5.76. The number of ether oxygens (including phenoxy) is 2. The fourth-order valence-electron chi connectivity index (χ4n) is 4.13. The summed E-state index contributed by atoms with van der Waals surface area (Å²) in [5.74, 6) is 0.129. The molecule has 1 aliphatic heterocycles. The van der Waals surface area contributed by atoms with Crippen LogP contribution in [0, 0.1) is 0 Å². The highest BCUT2D eigenvalue weighted by molar-refractivity contribution is 6.00. The van der Waals surface area contributed by atoms with Crippen molar-refractivity contribution in [3.05, 3.63) is 82.4 Å². The van der Waals surface area contributed by atoms with Gasteiger partial charge in [-0.1, -0.05) is 6.07 Å². The first-order chi connectivity index (χ1) is 15.3. The molecule has 0 fully saturated rings. The number of fused-ring (bicyclic) bond motifs is 4. The van der Waals surface area contributed by atoms with Crippen LogP contribution < -0.4 is 9.47 Å². The van der Waals surface area contributed by atoms with E-state index in [9.17, 15) is 22.8 Å². The zero-order valence-electron chi connectivity index (χ0n) is 16.8. The van der Waals surface area contributed by atoms with Gasteiger partial charge in [-0.2, -0.15) is 13.2 Å². The number of hydrogen-bond acceptors (Lipinski definition) is 4. The highest BCUT2D eigenvalue weighted by Gasteiger charge is 2.30. The molecule has 0 saturated carbocycles. The van der Waals surface area contributed by atoms with Crippen molar-refractivity contribution in [1.82, 2.24) is 0 Å². The van der Waals surface area contributed by atoms with E-state index in [2.05, 4.69) is 0 Å². The number of carbonyl (C=O) groups excluding carboxylic acids is 2. The summed E-state index contributed by atoms with van der Waals surface area (Å²) < 4.78 is 49.1. The van der Waals surface area contributed by atoms with Gasteiger partial charge >= 0.3 is 12.1 Å². The van der Waals surface area contributed by atoms with E-state index in [4.69, 9.17) is 9.47 Å². The lowest BCUT2D eigenvalue weighted by molar-refractivity contribution is -0.137. The topological polar surface area (TPSA) is 52.6 Å². The van der Waals surface area contributed by atoms with Crippen molar-refractivity contribution >= 4 is 11.8 Å². The number of ketones is 1. The van der Waals surface area contributed by atoms with Gasteiger partial charge < -0.3 is 9.47 Å². The van der Waals surface area contributed by atoms with Crippen molar-refractivity contribution in [2.75, 3.05) is 0 Å². The first-order valence-electron chi connectivity index (χ1n) is 10.2. The molecule has 0 atom stereocenters. The Morgan fingerprint density at radius 3 is 2.41 bits per heavy atom. The molecule has 2 aliphatic rings. The minimum atomic E-state index is -4.45. The van der Waals surface area contributed by atoms with E-state index in [1.807, 2.05) is 12.1 Å². The number of halogens is 3. The lowest BCUT2D eigenvalue weighted by atomic mass is 9.86. The van der Waals surface area contributed by atoms with Crippen molar-refractivity contribution in [2.24, 2.45) is 0 Å². The molecule has 0 saturated heterocycles. The van der Waals surface area contributed by atoms with E-state index in [0.29, 0.717) is 12.2 Å². The molecule has 1 aliphatic carbocycles. The Morgan fingerprint density at radius 1 is 0.875 bits per heavy atom. The molecule has 3 aromatic rings. The van der Waals surface area contributed by atoms with Crippen LogP contribution in [-0.4, -0.2) is 11.8 Å². The zero-order valence-corrected chi connectivity index (χ0v) is 16.8. The molecule has 0 bridgehead atoms. The van der Waals surface area contributed by atoms with Gasteiger partial charge in [0.25, 0.3) is 0 Å². The number of carbonyl (C=O) groups is 2. The Morgan fingerprint density at radius 2 is 1.66 bits per heavy atom. The number of Topliss-reactive ketones (excluding diaryl/α,β-unsaturated/α-hetero) is 1. The predicted molar refractivity (Wildman–Crippen MR) is 110 cm³/mol. The fraction of sp³-hybridized carbons (Fsp3) is 0.200. The summed E-state index contributed by atoms with van der Waals surface area (Å²) in [4.78, 5) is 24.7. The lowest BCUT2D eigenvalue weighted by Crippen LogP contribution is -2.15. The molecule has 0 radical (unpaired) electrons. The molecule has 0 N–H and O–H groups in total. The van der Waals surface area contributed by atoms with Crippen molar-refractivity contribution in [1.29, 1.82) is 0 Å². The standard InChI is InChI=1S/C25H17F3O4/c26-25(27,28)17-5-7-18(8-6-17)32-24(30)15-4-9-19-16(10-15)13-31-23-12-20-14(11-21(19)23)2-1-3-22(20)29/h4-12H,1-3,13H2. The van der Waals surface area contributed by atoms with Crippen LogP contribution in [0.25, 0.3) is 11.1 Å². The third kappa shape index (κ3) is 3.64. The van der Waals surface area contributed by atoms with Crippen LogP contribution in [0.2, 0.25) is 0 Å². The molecule has 5 rings (SSSR count). The molecule has 4 nitrogen and oxygen atoms in total. The summed E-state index contributed by atoms with van der Waals surface area (Å²) in [5, 5.41) is 0. The number of esters is 1. The van der Waals surface area contributed by atoms with Crippen LogP contribution in [0.5, 0.6) is 11.5 Å². The molecule has 162 valence electrons. The normalized spacial score (nSPS) is 14.7. The zero-order chi connectivity index (χ0) is 22.5. The maximum Gasteiger partial charge on any atom is 0.416 e. The van der Waals surface area contributed by atoms with Gasteiger partial charge in [0.05, 0.1) is 11.1 Å². The quantitative estimate of drug-likeness (QED) is 0.364. The van der Waals surface area contributed by atoms with Gasteiger partial charge in [0.15, 0.2) is 5.78 Å². The number of rotatable bonds is 2. The lowest BCUT2D eigenvalue weighted by Gasteiger charge is -2.24. The van der Waals surface area contributed by atoms with E-state index in [0.717, 1.165) is 64.9 Å². The van der Waals surface area contributed by atoms with Crippen LogP contribution in [0.4, 0.5) is 13.2 Å². The van der Waals surface area contributed by atoms with Crippen molar-refractivity contribution in [3.8, 4) is 22.6 Å². The van der Waals surface area contributed by atoms with Gasteiger partial charge in [-0.15, -0.1) is 0 Å². The van der Waals surface area contributed by atoms with Gasteiger partial charge in [-0.25, -0.2) is 4.79 Å². The molecular formula is C25H17F3O4. The number of hydrogen-bond donors (Lipinski definition) is 0. The SMILES string of the molecule is O=C(Oc1ccc(C(F)(F)F)cc1)c1ccc2c(c1)COc1cc3c(cc1-2)CCCC3=O. The Bertz CT molecular complexity index is 1240. The maximum absolute atomic E-state index is 12.7. The summed E-state index contributed by atoms with van der Waals surface area (Å²) in [5.41, 5.74) is 3.76. The predicted octanol–water partition coefficient (Wildman–Crippen LogP) is 6.00. The van der Waals surface area contributed by atoms with Crippen molar-refractivity contribution in [2.45, 2.75) is 32.0 Å². The molecule has 0 aromatic heterocycles. The van der Waals surface area contributed by atoms with E-state index in [-0.39, 0.29) is 23.7 Å². The van der Waals surface area contributed by atoms with Gasteiger partial charge in [-0.05, 0) is 78.1 Å². The monoisotopic (exact) mass is 438 g/mol. The molecule has 0 spiro atoms. The molecule has 7 heteroatoms. The van der Waals surface area contributed by atoms with Gasteiger partial charge in [0, 0.05) is 17.5 Å². The number of aryl methyl sites for hydroxylation is 1. The van der Waals surface area contributed by atoms with Crippen LogP contribution in [0.3, 0.4) is 0 Å². The van der Waals surface area contributed by atoms with Crippen LogP contribution in [0.15, 0.2) is 54.6 Å². The second-order valence-corrected chi connectivity index (χ2v) is 7.85. The maximum atomic E-state index is 12.7. The van der Waals surface area contributed by atoms with Crippen LogP contribution in [0.1, 0.15) is 50.2 Å². The third-order valence-electron chi connectivity index (χ3n) is 5.76. The van der Waals surface area contributed by atoms with E-state index in [1.165, 1.54) is 0 Å². The molecule has 1 heterocycles.